The lowest BCUT2D eigenvalue weighted by molar-refractivity contribution is 0.428. The van der Waals surface area contributed by atoms with Crippen LogP contribution in [0.3, 0.4) is 0 Å². The summed E-state index contributed by atoms with van der Waals surface area (Å²) in [5.41, 5.74) is 13.8. The molecule has 3 nitrogen and oxygen atoms in total. The lowest BCUT2D eigenvalue weighted by Crippen LogP contribution is -2.12. The van der Waals surface area contributed by atoms with E-state index in [4.69, 9.17) is 4.74 Å². The van der Waals surface area contributed by atoms with Crippen LogP contribution in [0.1, 0.15) is 49.1 Å². The van der Waals surface area contributed by atoms with Gasteiger partial charge in [0, 0.05) is 50.8 Å². The summed E-state index contributed by atoms with van der Waals surface area (Å²) in [7, 11) is 0. The molecule has 49 heavy (non-hydrogen) atoms. The standard InChI is InChI=1S/C46H36N2O/c1-46(2,3)31-20-25-42-37(26-31)34-10-4-7-13-40(34)47(42)32-21-16-29(17-22-32)30-18-23-33(24-19-30)48-41-14-8-5-11-35(41)38-28-45-39(27-43(38)48)36-12-6-9-15-44(36)49-45/h4-26,28,39H,27H2,1-3H3. The molecule has 2 aromatic heterocycles. The van der Waals surface area contributed by atoms with Gasteiger partial charge in [-0.05, 0) is 82.8 Å². The largest absolute Gasteiger partial charge is 0.461 e. The van der Waals surface area contributed by atoms with Gasteiger partial charge in [0.1, 0.15) is 11.5 Å². The topological polar surface area (TPSA) is 19.1 Å². The number of rotatable bonds is 3. The maximum Gasteiger partial charge on any atom is 0.130 e. The molecule has 1 unspecified atom stereocenters. The van der Waals surface area contributed by atoms with E-state index in [2.05, 4.69) is 176 Å². The molecular weight excluding hydrogens is 597 g/mol. The molecule has 3 heterocycles. The molecule has 2 aliphatic rings. The number of allylic oxidation sites excluding steroid dienone is 1. The Kier molecular flexibility index (Phi) is 5.96. The minimum atomic E-state index is 0.0973. The SMILES string of the molecule is CC(C)(C)c1ccc2c(c1)c1ccccc1n2-c1ccc(-c2ccc(-n3c4c(c5ccccc53)C=C3Oc5ccccc5C3C4)cc2)cc1. The summed E-state index contributed by atoms with van der Waals surface area (Å²) in [6, 6.07) is 51.0. The van der Waals surface area contributed by atoms with Crippen LogP contribution in [0.25, 0.3) is 61.3 Å². The molecule has 8 aromatic rings. The fourth-order valence-electron chi connectivity index (χ4n) is 8.19. The normalized spacial score (nSPS) is 15.2. The van der Waals surface area contributed by atoms with E-state index < -0.39 is 0 Å². The Balaban J connectivity index is 1.01. The first-order chi connectivity index (χ1) is 23.9. The van der Waals surface area contributed by atoms with Gasteiger partial charge in [0.05, 0.1) is 22.5 Å². The first-order valence-electron chi connectivity index (χ1n) is 17.3. The van der Waals surface area contributed by atoms with Crippen molar-refractivity contribution in [2.24, 2.45) is 0 Å². The molecule has 236 valence electrons. The molecule has 0 saturated carbocycles. The third-order valence-electron chi connectivity index (χ3n) is 10.7. The number of hydrogen-bond donors (Lipinski definition) is 0. The summed E-state index contributed by atoms with van der Waals surface area (Å²) in [6.45, 7) is 6.85. The zero-order valence-corrected chi connectivity index (χ0v) is 27.9. The van der Waals surface area contributed by atoms with Gasteiger partial charge in [-0.3, -0.25) is 0 Å². The van der Waals surface area contributed by atoms with Gasteiger partial charge in [0.2, 0.25) is 0 Å². The van der Waals surface area contributed by atoms with Crippen LogP contribution in [-0.2, 0) is 11.8 Å². The highest BCUT2D eigenvalue weighted by molar-refractivity contribution is 6.09. The second-order valence-electron chi connectivity index (χ2n) is 14.6. The van der Waals surface area contributed by atoms with E-state index >= 15 is 0 Å². The van der Waals surface area contributed by atoms with Gasteiger partial charge in [-0.1, -0.05) is 106 Å². The van der Waals surface area contributed by atoms with E-state index in [1.54, 1.807) is 0 Å². The second kappa shape index (κ2) is 10.3. The van der Waals surface area contributed by atoms with Crippen LogP contribution in [0.5, 0.6) is 5.75 Å². The van der Waals surface area contributed by atoms with Gasteiger partial charge in [-0.25, -0.2) is 0 Å². The fraction of sp³-hybridized carbons (Fsp3) is 0.130. The Hall–Kier alpha value is -5.80. The second-order valence-corrected chi connectivity index (χ2v) is 14.6. The Bertz CT molecular complexity index is 2620. The number of nitrogens with zero attached hydrogens (tertiary/aromatic N) is 2. The van der Waals surface area contributed by atoms with Crippen LogP contribution in [-0.4, -0.2) is 9.13 Å². The third kappa shape index (κ3) is 4.28. The number of fused-ring (bicyclic) bond motifs is 9. The lowest BCUT2D eigenvalue weighted by atomic mass is 9.86. The van der Waals surface area contributed by atoms with Crippen LogP contribution in [0.4, 0.5) is 0 Å². The van der Waals surface area contributed by atoms with Crippen LogP contribution < -0.4 is 4.74 Å². The molecule has 0 saturated heterocycles. The van der Waals surface area contributed by atoms with Crippen LogP contribution in [0, 0.1) is 0 Å². The average Bonchev–Trinajstić information content (AvgIpc) is 3.77. The maximum atomic E-state index is 6.34. The van der Waals surface area contributed by atoms with Crippen LogP contribution in [0.15, 0.2) is 145 Å². The minimum Gasteiger partial charge on any atom is -0.461 e. The molecule has 10 rings (SSSR count). The quantitative estimate of drug-likeness (QED) is 0.190. The van der Waals surface area contributed by atoms with Gasteiger partial charge < -0.3 is 13.9 Å². The molecule has 0 radical (unpaired) electrons. The van der Waals surface area contributed by atoms with E-state index in [0.717, 1.165) is 17.9 Å². The van der Waals surface area contributed by atoms with Gasteiger partial charge in [0.25, 0.3) is 0 Å². The highest BCUT2D eigenvalue weighted by atomic mass is 16.5. The van der Waals surface area contributed by atoms with E-state index in [1.165, 1.54) is 77.6 Å². The zero-order chi connectivity index (χ0) is 32.9. The molecule has 1 atom stereocenters. The summed E-state index contributed by atoms with van der Waals surface area (Å²) in [5, 5.41) is 3.86. The Morgan fingerprint density at radius 1 is 0.571 bits per heavy atom. The molecule has 3 heteroatoms. The van der Waals surface area contributed by atoms with E-state index in [1.807, 2.05) is 0 Å². The number of hydrogen-bond acceptors (Lipinski definition) is 1. The first kappa shape index (κ1) is 28.2. The highest BCUT2D eigenvalue weighted by Crippen LogP contribution is 2.48. The fourth-order valence-corrected chi connectivity index (χ4v) is 8.19. The number of aromatic nitrogens is 2. The smallest absolute Gasteiger partial charge is 0.130 e. The van der Waals surface area contributed by atoms with Crippen molar-refractivity contribution in [3.05, 3.63) is 168 Å². The highest BCUT2D eigenvalue weighted by Gasteiger charge is 2.35. The van der Waals surface area contributed by atoms with Crippen molar-refractivity contribution in [3.8, 4) is 28.3 Å². The lowest BCUT2D eigenvalue weighted by Gasteiger charge is -2.20. The van der Waals surface area contributed by atoms with Crippen LogP contribution >= 0.6 is 0 Å². The van der Waals surface area contributed by atoms with Crippen molar-refractivity contribution in [1.29, 1.82) is 0 Å². The van der Waals surface area contributed by atoms with Crippen molar-refractivity contribution in [1.82, 2.24) is 9.13 Å². The van der Waals surface area contributed by atoms with Gasteiger partial charge in [-0.2, -0.15) is 0 Å². The van der Waals surface area contributed by atoms with E-state index in [9.17, 15) is 0 Å². The molecule has 0 fully saturated rings. The van der Waals surface area contributed by atoms with Crippen molar-refractivity contribution in [2.45, 2.75) is 38.5 Å². The number of ether oxygens (including phenoxy) is 1. The maximum absolute atomic E-state index is 6.34. The summed E-state index contributed by atoms with van der Waals surface area (Å²) >= 11 is 0. The first-order valence-corrected chi connectivity index (χ1v) is 17.3. The van der Waals surface area contributed by atoms with E-state index in [-0.39, 0.29) is 11.3 Å². The molecule has 0 amide bonds. The molecular formula is C46H36N2O. The summed E-state index contributed by atoms with van der Waals surface area (Å²) in [5.74, 6) is 2.30. The number of benzene rings is 6. The van der Waals surface area contributed by atoms with Crippen LogP contribution in [0.2, 0.25) is 0 Å². The molecule has 6 aromatic carbocycles. The van der Waals surface area contributed by atoms with E-state index in [0.29, 0.717) is 0 Å². The summed E-state index contributed by atoms with van der Waals surface area (Å²) in [6.07, 6.45) is 3.19. The van der Waals surface area contributed by atoms with Crippen molar-refractivity contribution < 1.29 is 4.74 Å². The molecule has 1 aliphatic carbocycles. The predicted molar refractivity (Wildman–Crippen MR) is 203 cm³/mol. The molecule has 0 spiro atoms. The Labute approximate surface area is 286 Å². The third-order valence-corrected chi connectivity index (χ3v) is 10.7. The van der Waals surface area contributed by atoms with Crippen molar-refractivity contribution in [3.63, 3.8) is 0 Å². The monoisotopic (exact) mass is 632 g/mol. The van der Waals surface area contributed by atoms with Gasteiger partial charge >= 0.3 is 0 Å². The Morgan fingerprint density at radius 3 is 1.88 bits per heavy atom. The minimum absolute atomic E-state index is 0.0973. The zero-order valence-electron chi connectivity index (χ0n) is 27.9. The summed E-state index contributed by atoms with van der Waals surface area (Å²) < 4.78 is 11.2. The van der Waals surface area contributed by atoms with Crippen molar-refractivity contribution in [2.75, 3.05) is 0 Å². The summed E-state index contributed by atoms with van der Waals surface area (Å²) in [4.78, 5) is 0. The number of para-hydroxylation sites is 3. The molecule has 0 bridgehead atoms. The van der Waals surface area contributed by atoms with Crippen molar-refractivity contribution >= 4 is 38.8 Å². The Morgan fingerprint density at radius 2 is 1.16 bits per heavy atom. The van der Waals surface area contributed by atoms with Gasteiger partial charge in [-0.15, -0.1) is 0 Å². The average molecular weight is 633 g/mol. The molecule has 1 aliphatic heterocycles. The predicted octanol–water partition coefficient (Wildman–Crippen LogP) is 11.8. The van der Waals surface area contributed by atoms with Gasteiger partial charge in [0.15, 0.2) is 0 Å². The molecule has 0 N–H and O–H groups in total.